The zero-order valence-corrected chi connectivity index (χ0v) is 16.7. The van der Waals surface area contributed by atoms with E-state index in [9.17, 15) is 9.59 Å². The molecule has 10 heteroatoms. The van der Waals surface area contributed by atoms with E-state index in [1.807, 2.05) is 4.90 Å². The van der Waals surface area contributed by atoms with Gasteiger partial charge in [-0.1, -0.05) is 28.9 Å². The van der Waals surface area contributed by atoms with E-state index in [1.54, 1.807) is 42.7 Å². The van der Waals surface area contributed by atoms with Crippen molar-refractivity contribution in [2.45, 2.75) is 12.8 Å². The molecule has 1 aliphatic rings. The van der Waals surface area contributed by atoms with Gasteiger partial charge in [-0.3, -0.25) is 20.4 Å². The number of rotatable bonds is 4. The van der Waals surface area contributed by atoms with Crippen LogP contribution >= 0.6 is 11.6 Å². The molecule has 2 N–H and O–H groups in total. The fraction of sp³-hybridized carbons (Fsp3) is 0.250. The first-order valence-electron chi connectivity index (χ1n) is 9.45. The normalized spacial score (nSPS) is 14.4. The molecular formula is C20H19ClN6O3. The Labute approximate surface area is 177 Å². The van der Waals surface area contributed by atoms with Crippen molar-refractivity contribution < 1.29 is 14.1 Å². The van der Waals surface area contributed by atoms with Gasteiger partial charge in [-0.2, -0.15) is 0 Å². The number of amides is 2. The lowest BCUT2D eigenvalue weighted by atomic mass is 9.96. The molecule has 0 aliphatic carbocycles. The van der Waals surface area contributed by atoms with Crippen LogP contribution in [0.4, 0.5) is 5.95 Å². The second kappa shape index (κ2) is 8.91. The molecule has 3 heterocycles. The second-order valence-corrected chi connectivity index (χ2v) is 7.28. The van der Waals surface area contributed by atoms with Gasteiger partial charge in [-0.25, -0.2) is 9.97 Å². The van der Waals surface area contributed by atoms with Crippen LogP contribution in [0.1, 0.15) is 23.4 Å². The maximum atomic E-state index is 12.4. The van der Waals surface area contributed by atoms with Gasteiger partial charge in [-0.15, -0.1) is 0 Å². The number of hydrogen-bond donors (Lipinski definition) is 2. The number of carbonyl (C=O) groups is 2. The smallest absolute Gasteiger partial charge is 0.308 e. The Bertz CT molecular complexity index is 1030. The zero-order chi connectivity index (χ0) is 20.9. The topological polar surface area (TPSA) is 113 Å². The SMILES string of the molecule is O=C(NNC(=O)C1CCN(c2ncccn2)CC1)c1cc(-c2cccc(Cl)c2)no1. The first-order chi connectivity index (χ1) is 14.6. The van der Waals surface area contributed by atoms with E-state index in [0.29, 0.717) is 42.6 Å². The van der Waals surface area contributed by atoms with Gasteiger partial charge in [0.2, 0.25) is 17.6 Å². The van der Waals surface area contributed by atoms with Crippen LogP contribution in [-0.2, 0) is 4.79 Å². The number of halogens is 1. The number of benzene rings is 1. The van der Waals surface area contributed by atoms with Crippen molar-refractivity contribution in [1.29, 1.82) is 0 Å². The average molecular weight is 427 g/mol. The van der Waals surface area contributed by atoms with Crippen LogP contribution in [0.5, 0.6) is 0 Å². The van der Waals surface area contributed by atoms with E-state index in [1.165, 1.54) is 6.07 Å². The van der Waals surface area contributed by atoms with Crippen LogP contribution in [0, 0.1) is 5.92 Å². The molecule has 30 heavy (non-hydrogen) atoms. The highest BCUT2D eigenvalue weighted by Crippen LogP contribution is 2.23. The van der Waals surface area contributed by atoms with Crippen LogP contribution < -0.4 is 15.8 Å². The minimum absolute atomic E-state index is 0.0127. The van der Waals surface area contributed by atoms with Gasteiger partial charge in [0.1, 0.15) is 5.69 Å². The van der Waals surface area contributed by atoms with Crippen molar-refractivity contribution in [1.82, 2.24) is 26.0 Å². The van der Waals surface area contributed by atoms with Gasteiger partial charge < -0.3 is 9.42 Å². The van der Waals surface area contributed by atoms with Crippen LogP contribution in [0.15, 0.2) is 53.3 Å². The van der Waals surface area contributed by atoms with Crippen molar-refractivity contribution in [2.75, 3.05) is 18.0 Å². The molecule has 0 bridgehead atoms. The number of carbonyl (C=O) groups excluding carboxylic acids is 2. The number of hydrazine groups is 1. The van der Waals surface area contributed by atoms with E-state index >= 15 is 0 Å². The lowest BCUT2D eigenvalue weighted by Gasteiger charge is -2.31. The largest absolute Gasteiger partial charge is 0.350 e. The molecule has 0 atom stereocenters. The Balaban J connectivity index is 1.28. The molecule has 0 spiro atoms. The highest BCUT2D eigenvalue weighted by atomic mass is 35.5. The monoisotopic (exact) mass is 426 g/mol. The first-order valence-corrected chi connectivity index (χ1v) is 9.83. The summed E-state index contributed by atoms with van der Waals surface area (Å²) >= 11 is 5.97. The molecule has 2 amide bonds. The molecule has 1 aromatic carbocycles. The zero-order valence-electron chi connectivity index (χ0n) is 15.9. The summed E-state index contributed by atoms with van der Waals surface area (Å²) in [6.07, 6.45) is 4.66. The number of aromatic nitrogens is 3. The maximum absolute atomic E-state index is 12.4. The van der Waals surface area contributed by atoms with Crippen molar-refractivity contribution in [3.63, 3.8) is 0 Å². The lowest BCUT2D eigenvalue weighted by Crippen LogP contribution is -2.47. The summed E-state index contributed by atoms with van der Waals surface area (Å²) in [4.78, 5) is 35.2. The third kappa shape index (κ3) is 4.57. The third-order valence-corrected chi connectivity index (χ3v) is 5.09. The molecule has 0 unspecified atom stereocenters. The molecule has 0 radical (unpaired) electrons. The number of anilines is 1. The number of nitrogens with one attached hydrogen (secondary N) is 2. The van der Waals surface area contributed by atoms with Gasteiger partial charge in [0.15, 0.2) is 0 Å². The second-order valence-electron chi connectivity index (χ2n) is 6.84. The van der Waals surface area contributed by atoms with Gasteiger partial charge in [0, 0.05) is 48.1 Å². The molecule has 1 aliphatic heterocycles. The highest BCUT2D eigenvalue weighted by molar-refractivity contribution is 6.30. The summed E-state index contributed by atoms with van der Waals surface area (Å²) in [5.41, 5.74) is 6.05. The minimum Gasteiger partial charge on any atom is -0.350 e. The van der Waals surface area contributed by atoms with E-state index < -0.39 is 5.91 Å². The van der Waals surface area contributed by atoms with Crippen molar-refractivity contribution in [3.05, 3.63) is 59.6 Å². The summed E-state index contributed by atoms with van der Waals surface area (Å²) in [5, 5.41) is 4.43. The Kier molecular flexibility index (Phi) is 5.89. The number of nitrogens with zero attached hydrogens (tertiary/aromatic N) is 4. The van der Waals surface area contributed by atoms with E-state index in [4.69, 9.17) is 16.1 Å². The summed E-state index contributed by atoms with van der Waals surface area (Å²) in [7, 11) is 0. The fourth-order valence-electron chi connectivity index (χ4n) is 3.24. The van der Waals surface area contributed by atoms with Gasteiger partial charge >= 0.3 is 5.91 Å². The Hall–Kier alpha value is -3.46. The van der Waals surface area contributed by atoms with Crippen molar-refractivity contribution >= 4 is 29.4 Å². The molecule has 154 valence electrons. The third-order valence-electron chi connectivity index (χ3n) is 4.85. The molecule has 2 aromatic heterocycles. The predicted octanol–water partition coefficient (Wildman–Crippen LogP) is 2.46. The van der Waals surface area contributed by atoms with E-state index in [0.717, 1.165) is 5.56 Å². The van der Waals surface area contributed by atoms with Crippen molar-refractivity contribution in [3.8, 4) is 11.3 Å². The molecule has 1 saturated heterocycles. The molecule has 4 rings (SSSR count). The van der Waals surface area contributed by atoms with Crippen LogP contribution in [0.25, 0.3) is 11.3 Å². The van der Waals surface area contributed by atoms with E-state index in [2.05, 4.69) is 26.0 Å². The highest BCUT2D eigenvalue weighted by Gasteiger charge is 2.26. The first kappa shape index (κ1) is 19.8. The Morgan fingerprint density at radius 3 is 2.57 bits per heavy atom. The lowest BCUT2D eigenvalue weighted by molar-refractivity contribution is -0.126. The van der Waals surface area contributed by atoms with Crippen LogP contribution in [0.2, 0.25) is 5.02 Å². The predicted molar refractivity (Wildman–Crippen MR) is 110 cm³/mol. The number of hydrogen-bond acceptors (Lipinski definition) is 7. The molecule has 3 aromatic rings. The molecular weight excluding hydrogens is 408 g/mol. The van der Waals surface area contributed by atoms with Crippen LogP contribution in [0.3, 0.4) is 0 Å². The average Bonchev–Trinajstić information content (AvgIpc) is 3.28. The summed E-state index contributed by atoms with van der Waals surface area (Å²) < 4.78 is 5.08. The fourth-order valence-corrected chi connectivity index (χ4v) is 3.43. The Morgan fingerprint density at radius 1 is 1.07 bits per heavy atom. The quantitative estimate of drug-likeness (QED) is 0.616. The summed E-state index contributed by atoms with van der Waals surface area (Å²) in [5.74, 6) is -0.389. The Morgan fingerprint density at radius 2 is 1.83 bits per heavy atom. The van der Waals surface area contributed by atoms with Gasteiger partial charge in [0.05, 0.1) is 0 Å². The summed E-state index contributed by atoms with van der Waals surface area (Å²) in [6.45, 7) is 1.34. The van der Waals surface area contributed by atoms with Gasteiger partial charge in [-0.05, 0) is 31.0 Å². The van der Waals surface area contributed by atoms with Crippen molar-refractivity contribution in [2.24, 2.45) is 5.92 Å². The van der Waals surface area contributed by atoms with Crippen LogP contribution in [-0.4, -0.2) is 40.0 Å². The number of piperidine rings is 1. The van der Waals surface area contributed by atoms with Gasteiger partial charge in [0.25, 0.3) is 0 Å². The minimum atomic E-state index is -0.584. The molecule has 0 saturated carbocycles. The standard InChI is InChI=1S/C20H19ClN6O3/c21-15-4-1-3-14(11-15)16-12-17(30-26-16)19(29)25-24-18(28)13-5-9-27(10-6-13)20-22-7-2-8-23-20/h1-4,7-8,11-13H,5-6,9-10H2,(H,24,28)(H,25,29). The van der Waals surface area contributed by atoms with E-state index in [-0.39, 0.29) is 17.6 Å². The molecule has 9 nitrogen and oxygen atoms in total. The molecule has 1 fully saturated rings. The summed E-state index contributed by atoms with van der Waals surface area (Å²) in [6, 6.07) is 10.3. The maximum Gasteiger partial charge on any atom is 0.308 e.